The van der Waals surface area contributed by atoms with Crippen LogP contribution in [0, 0.1) is 10.1 Å². The first-order valence-corrected chi connectivity index (χ1v) is 5.52. The van der Waals surface area contributed by atoms with E-state index in [2.05, 4.69) is 0 Å². The number of fused-ring (bicyclic) bond motifs is 1. The highest BCUT2D eigenvalue weighted by Gasteiger charge is 2.54. The van der Waals surface area contributed by atoms with E-state index in [0.717, 1.165) is 0 Å². The van der Waals surface area contributed by atoms with Crippen molar-refractivity contribution in [1.82, 2.24) is 0 Å². The van der Waals surface area contributed by atoms with Gasteiger partial charge in [-0.3, -0.25) is 14.9 Å². The molecule has 17 heavy (non-hydrogen) atoms. The van der Waals surface area contributed by atoms with Crippen LogP contribution in [0.4, 0.5) is 0 Å². The third-order valence-corrected chi connectivity index (χ3v) is 3.13. The fourth-order valence-corrected chi connectivity index (χ4v) is 2.34. The fraction of sp³-hybridized carbons (Fsp3) is 0.900. The normalized spacial score (nSPS) is 40.8. The average Bonchev–Trinajstić information content (AvgIpc) is 2.48. The number of carbonyl (C=O) groups excluding carboxylic acids is 1. The second-order valence-electron chi connectivity index (χ2n) is 4.87. The van der Waals surface area contributed by atoms with Gasteiger partial charge < -0.3 is 14.6 Å². The molecule has 96 valence electrons. The van der Waals surface area contributed by atoms with E-state index >= 15 is 0 Å². The van der Waals surface area contributed by atoms with Crippen LogP contribution in [-0.4, -0.2) is 46.0 Å². The highest BCUT2D eigenvalue weighted by Crippen LogP contribution is 2.35. The number of ether oxygens (including phenoxy) is 2. The Balaban J connectivity index is 2.27. The predicted molar refractivity (Wildman–Crippen MR) is 54.9 cm³/mol. The summed E-state index contributed by atoms with van der Waals surface area (Å²) in [5, 5.41) is 20.8. The predicted octanol–water partition coefficient (Wildman–Crippen LogP) is -0.124. The van der Waals surface area contributed by atoms with Crippen molar-refractivity contribution in [3.05, 3.63) is 10.1 Å². The summed E-state index contributed by atoms with van der Waals surface area (Å²) in [4.78, 5) is 22.0. The zero-order valence-electron chi connectivity index (χ0n) is 9.66. The van der Waals surface area contributed by atoms with Gasteiger partial charge in [-0.2, -0.15) is 0 Å². The standard InChI is InChI=1S/C10H15NO6/c1-10(2)16-8-6(12)4-3-5(11(14)15)7(13)9(8)17-10/h5,7-9,13H,3-4H2,1-2H3/t5-,7-,8-,9-/m0/s1. The van der Waals surface area contributed by atoms with Gasteiger partial charge >= 0.3 is 0 Å². The highest BCUT2D eigenvalue weighted by molar-refractivity contribution is 5.84. The number of carbonyl (C=O) groups is 1. The van der Waals surface area contributed by atoms with E-state index in [-0.39, 0.29) is 18.6 Å². The Kier molecular flexibility index (Phi) is 2.92. The first kappa shape index (κ1) is 12.4. The topological polar surface area (TPSA) is 98.9 Å². The largest absolute Gasteiger partial charge is 0.383 e. The minimum absolute atomic E-state index is 0.0210. The van der Waals surface area contributed by atoms with E-state index in [1.807, 2.05) is 0 Å². The summed E-state index contributed by atoms with van der Waals surface area (Å²) in [5.74, 6) is -1.24. The van der Waals surface area contributed by atoms with E-state index in [1.165, 1.54) is 0 Å². The number of aliphatic hydroxyl groups is 1. The molecule has 0 unspecified atom stereocenters. The van der Waals surface area contributed by atoms with Gasteiger partial charge in [-0.25, -0.2) is 0 Å². The zero-order valence-corrected chi connectivity index (χ0v) is 9.66. The minimum Gasteiger partial charge on any atom is -0.383 e. The molecule has 7 nitrogen and oxygen atoms in total. The maximum absolute atomic E-state index is 11.8. The van der Waals surface area contributed by atoms with Crippen LogP contribution in [0.2, 0.25) is 0 Å². The summed E-state index contributed by atoms with van der Waals surface area (Å²) in [6.45, 7) is 3.23. The maximum atomic E-state index is 11.8. The summed E-state index contributed by atoms with van der Waals surface area (Å²) in [5.41, 5.74) is 0. The summed E-state index contributed by atoms with van der Waals surface area (Å²) in [7, 11) is 0. The molecule has 0 amide bonds. The second-order valence-corrected chi connectivity index (χ2v) is 4.87. The molecule has 2 aliphatic rings. The van der Waals surface area contributed by atoms with Gasteiger partial charge in [0, 0.05) is 17.8 Å². The fourth-order valence-electron chi connectivity index (χ4n) is 2.34. The van der Waals surface area contributed by atoms with Crippen molar-refractivity contribution < 1.29 is 24.3 Å². The Bertz CT molecular complexity index is 355. The Morgan fingerprint density at radius 2 is 2.12 bits per heavy atom. The SMILES string of the molecule is CC1(C)O[C@H]2[C@@H](O)[C@@H]([N+](=O)[O-])CCC(=O)[C@@H]2O1. The van der Waals surface area contributed by atoms with Crippen LogP contribution in [0.5, 0.6) is 0 Å². The van der Waals surface area contributed by atoms with Gasteiger partial charge in [0.2, 0.25) is 6.04 Å². The lowest BCUT2D eigenvalue weighted by Gasteiger charge is -2.21. The quantitative estimate of drug-likeness (QED) is 0.510. The van der Waals surface area contributed by atoms with Crippen LogP contribution < -0.4 is 0 Å². The van der Waals surface area contributed by atoms with E-state index in [0.29, 0.717) is 0 Å². The third kappa shape index (κ3) is 2.18. The monoisotopic (exact) mass is 245 g/mol. The summed E-state index contributed by atoms with van der Waals surface area (Å²) < 4.78 is 10.8. The van der Waals surface area contributed by atoms with Gasteiger partial charge in [-0.15, -0.1) is 0 Å². The molecular formula is C10H15NO6. The highest BCUT2D eigenvalue weighted by atomic mass is 16.8. The number of Topliss-reactive ketones (excluding diaryl/α,β-unsaturated/α-hetero) is 1. The van der Waals surface area contributed by atoms with Crippen LogP contribution in [-0.2, 0) is 14.3 Å². The Morgan fingerprint density at radius 1 is 1.47 bits per heavy atom. The van der Waals surface area contributed by atoms with Crippen molar-refractivity contribution >= 4 is 5.78 Å². The molecule has 1 heterocycles. The third-order valence-electron chi connectivity index (χ3n) is 3.13. The van der Waals surface area contributed by atoms with Crippen LogP contribution >= 0.6 is 0 Å². The Labute approximate surface area is 97.8 Å². The lowest BCUT2D eigenvalue weighted by Crippen LogP contribution is -2.45. The molecule has 7 heteroatoms. The van der Waals surface area contributed by atoms with Crippen molar-refractivity contribution in [2.75, 3.05) is 0 Å². The molecular weight excluding hydrogens is 230 g/mol. The number of nitro groups is 1. The minimum atomic E-state index is -1.32. The van der Waals surface area contributed by atoms with Gasteiger partial charge in [0.15, 0.2) is 17.7 Å². The van der Waals surface area contributed by atoms with E-state index in [1.54, 1.807) is 13.8 Å². The molecule has 1 saturated carbocycles. The van der Waals surface area contributed by atoms with Crippen LogP contribution in [0.1, 0.15) is 26.7 Å². The first-order valence-electron chi connectivity index (χ1n) is 5.52. The van der Waals surface area contributed by atoms with Crippen molar-refractivity contribution in [1.29, 1.82) is 0 Å². The second kappa shape index (κ2) is 4.01. The summed E-state index contributed by atoms with van der Waals surface area (Å²) in [6.07, 6.45) is -3.11. The number of ketones is 1. The number of aliphatic hydroxyl groups excluding tert-OH is 1. The van der Waals surface area contributed by atoms with Gasteiger partial charge in [0.1, 0.15) is 12.2 Å². The van der Waals surface area contributed by atoms with E-state index in [4.69, 9.17) is 9.47 Å². The molecule has 1 N–H and O–H groups in total. The van der Waals surface area contributed by atoms with Crippen LogP contribution in [0.3, 0.4) is 0 Å². The molecule has 0 spiro atoms. The molecule has 1 aliphatic heterocycles. The van der Waals surface area contributed by atoms with Crippen molar-refractivity contribution in [3.63, 3.8) is 0 Å². The van der Waals surface area contributed by atoms with Gasteiger partial charge in [-0.05, 0) is 13.8 Å². The Hall–Kier alpha value is -1.05. The molecule has 0 radical (unpaired) electrons. The zero-order chi connectivity index (χ0) is 12.8. The Morgan fingerprint density at radius 3 is 2.71 bits per heavy atom. The van der Waals surface area contributed by atoms with Gasteiger partial charge in [-0.1, -0.05) is 0 Å². The van der Waals surface area contributed by atoms with Crippen LogP contribution in [0.15, 0.2) is 0 Å². The molecule has 1 saturated heterocycles. The summed E-state index contributed by atoms with van der Waals surface area (Å²) in [6, 6.07) is -1.17. The van der Waals surface area contributed by atoms with E-state index in [9.17, 15) is 20.0 Å². The number of hydrogen-bond donors (Lipinski definition) is 1. The van der Waals surface area contributed by atoms with Gasteiger partial charge in [0.05, 0.1) is 0 Å². The number of hydrogen-bond acceptors (Lipinski definition) is 6. The number of nitrogens with zero attached hydrogens (tertiary/aromatic N) is 1. The molecule has 1 aliphatic carbocycles. The van der Waals surface area contributed by atoms with Crippen molar-refractivity contribution in [2.24, 2.45) is 0 Å². The summed E-state index contributed by atoms with van der Waals surface area (Å²) >= 11 is 0. The maximum Gasteiger partial charge on any atom is 0.241 e. The molecule has 2 rings (SSSR count). The van der Waals surface area contributed by atoms with Crippen molar-refractivity contribution in [2.45, 2.75) is 56.8 Å². The smallest absolute Gasteiger partial charge is 0.241 e. The molecule has 0 aromatic heterocycles. The average molecular weight is 245 g/mol. The lowest BCUT2D eigenvalue weighted by molar-refractivity contribution is -0.537. The molecule has 4 atom stereocenters. The van der Waals surface area contributed by atoms with Gasteiger partial charge in [0.25, 0.3) is 0 Å². The lowest BCUT2D eigenvalue weighted by atomic mass is 10.0. The van der Waals surface area contributed by atoms with Crippen LogP contribution in [0.25, 0.3) is 0 Å². The molecule has 0 aromatic carbocycles. The molecule has 0 aromatic rings. The van der Waals surface area contributed by atoms with E-state index < -0.39 is 35.1 Å². The van der Waals surface area contributed by atoms with Crippen molar-refractivity contribution in [3.8, 4) is 0 Å². The molecule has 0 bridgehead atoms. The number of rotatable bonds is 1. The molecule has 2 fully saturated rings. The first-order chi connectivity index (χ1) is 7.82.